The number of carboxylic acids is 2. The van der Waals surface area contributed by atoms with Gasteiger partial charge in [-0.15, -0.1) is 0 Å². The van der Waals surface area contributed by atoms with Gasteiger partial charge in [0.1, 0.15) is 5.75 Å². The van der Waals surface area contributed by atoms with Gasteiger partial charge in [0.15, 0.2) is 0 Å². The summed E-state index contributed by atoms with van der Waals surface area (Å²) in [6.07, 6.45) is 40.1. The van der Waals surface area contributed by atoms with Crippen LogP contribution in [0.5, 0.6) is 5.75 Å². The predicted molar refractivity (Wildman–Crippen MR) is 256 cm³/mol. The van der Waals surface area contributed by atoms with E-state index in [4.69, 9.17) is 10.2 Å². The van der Waals surface area contributed by atoms with E-state index in [0.29, 0.717) is 29.5 Å². The molecule has 5 N–H and O–H groups in total. The topological polar surface area (TPSA) is 152 Å². The van der Waals surface area contributed by atoms with Crippen LogP contribution >= 0.6 is 7.60 Å². The number of carbonyl (C=O) groups is 2. The zero-order chi connectivity index (χ0) is 45.7. The predicted octanol–water partition coefficient (Wildman–Crippen LogP) is 16.3. The molecule has 0 aliphatic heterocycles. The Balaban J connectivity index is 0. The number of benzene rings is 1. The number of hydrogen-bond acceptors (Lipinski definition) is 4. The number of carboxylic acid groups (broad SMARTS) is 2. The van der Waals surface area contributed by atoms with E-state index in [0.717, 1.165) is 25.7 Å². The highest BCUT2D eigenvalue weighted by Crippen LogP contribution is 2.44. The van der Waals surface area contributed by atoms with Crippen molar-refractivity contribution < 1.29 is 39.3 Å². The monoisotopic (exact) mass is 869 g/mol. The van der Waals surface area contributed by atoms with Crippen molar-refractivity contribution in [2.45, 2.75) is 278 Å². The van der Waals surface area contributed by atoms with Crippen LogP contribution in [0.4, 0.5) is 0 Å². The lowest BCUT2D eigenvalue weighted by molar-refractivity contribution is -0.138. The Kier molecular flexibility index (Phi) is 37.8. The third-order valence-electron chi connectivity index (χ3n) is 11.2. The van der Waals surface area contributed by atoms with Gasteiger partial charge in [-0.05, 0) is 40.4 Å². The Bertz CT molecular complexity index is 1150. The summed E-state index contributed by atoms with van der Waals surface area (Å²) in [5.74, 6) is -1.08. The fourth-order valence-electron chi connectivity index (χ4n) is 7.46. The number of unbranched alkanes of at least 4 members (excludes halogenated alkanes) is 28. The zero-order valence-electron chi connectivity index (χ0n) is 40.4. The molecule has 0 aliphatic rings. The molecule has 0 atom stereocenters. The molecule has 60 heavy (non-hydrogen) atoms. The second kappa shape index (κ2) is 37.6. The molecule has 8 nitrogen and oxygen atoms in total. The minimum absolute atomic E-state index is 0.222. The van der Waals surface area contributed by atoms with Gasteiger partial charge in [-0.2, -0.15) is 0 Å². The molecule has 0 saturated carbocycles. The first-order valence-electron chi connectivity index (χ1n) is 24.6. The van der Waals surface area contributed by atoms with Crippen LogP contribution in [0.1, 0.15) is 278 Å². The van der Waals surface area contributed by atoms with E-state index >= 15 is 0 Å². The van der Waals surface area contributed by atoms with Gasteiger partial charge < -0.3 is 25.1 Å². The number of rotatable bonds is 34. The average molecular weight is 869 g/mol. The minimum atomic E-state index is -4.13. The van der Waals surface area contributed by atoms with Crippen molar-refractivity contribution in [1.29, 1.82) is 0 Å². The fourth-order valence-corrected chi connectivity index (χ4v) is 8.12. The van der Waals surface area contributed by atoms with Gasteiger partial charge in [-0.1, -0.05) is 247 Å². The van der Waals surface area contributed by atoms with Gasteiger partial charge in [-0.25, -0.2) is 0 Å². The quantitative estimate of drug-likeness (QED) is 0.0339. The Morgan fingerprint density at radius 3 is 0.850 bits per heavy atom. The highest BCUT2D eigenvalue weighted by Gasteiger charge is 2.28. The highest BCUT2D eigenvalue weighted by atomic mass is 31.2. The van der Waals surface area contributed by atoms with Crippen molar-refractivity contribution in [2.24, 2.45) is 0 Å². The SMILES string of the molecule is CC(C)(C)c1cc(CP(=O)(O)O)cc(C(C)(C)C)c1O.CCCCCCCCCCCCCCCCCC(=O)O.CCCCCCCCCCCCCCCCCC(=O)O. The van der Waals surface area contributed by atoms with Crippen molar-refractivity contribution in [3.8, 4) is 5.75 Å². The molecule has 0 unspecified atom stereocenters. The van der Waals surface area contributed by atoms with Crippen LogP contribution in [0.25, 0.3) is 0 Å². The maximum atomic E-state index is 11.2. The molecule has 1 rings (SSSR count). The van der Waals surface area contributed by atoms with Crippen LogP contribution in [0.3, 0.4) is 0 Å². The molecule has 1 aromatic rings. The number of hydrogen-bond donors (Lipinski definition) is 5. The van der Waals surface area contributed by atoms with Crippen LogP contribution in [-0.4, -0.2) is 37.0 Å². The molecule has 0 bridgehead atoms. The summed E-state index contributed by atoms with van der Waals surface area (Å²) < 4.78 is 11.2. The summed E-state index contributed by atoms with van der Waals surface area (Å²) in [6.45, 7) is 16.3. The Hall–Kier alpha value is -1.89. The molecule has 0 saturated heterocycles. The van der Waals surface area contributed by atoms with Gasteiger partial charge in [0, 0.05) is 12.8 Å². The lowest BCUT2D eigenvalue weighted by Gasteiger charge is -2.28. The molecule has 0 heterocycles. The van der Waals surface area contributed by atoms with E-state index in [9.17, 15) is 29.0 Å². The van der Waals surface area contributed by atoms with Crippen LogP contribution in [0, 0.1) is 0 Å². The summed E-state index contributed by atoms with van der Waals surface area (Å²) >= 11 is 0. The van der Waals surface area contributed by atoms with Crippen molar-refractivity contribution in [1.82, 2.24) is 0 Å². The lowest BCUT2D eigenvalue weighted by Crippen LogP contribution is -2.18. The molecular formula is C51H97O8P. The van der Waals surface area contributed by atoms with Crippen molar-refractivity contribution in [3.63, 3.8) is 0 Å². The molecule has 0 radical (unpaired) electrons. The van der Waals surface area contributed by atoms with Crippen LogP contribution in [-0.2, 0) is 31.1 Å². The standard InChI is InChI=1S/2C18H36O2.C15H25O4P/c2*1-2-3-4-5-6-7-8-9-10-11-12-13-14-15-16-17-18(19)20;1-14(2,3)11-7-10(9-20(17,18)19)8-12(13(11)16)15(4,5)6/h2*2-17H2,1H3,(H,19,20);7-8,16H,9H2,1-6H3,(H2,17,18,19). The molecule has 0 amide bonds. The molecule has 0 aromatic heterocycles. The van der Waals surface area contributed by atoms with E-state index in [-0.39, 0.29) is 22.7 Å². The summed E-state index contributed by atoms with van der Waals surface area (Å²) in [5.41, 5.74) is 1.40. The van der Waals surface area contributed by atoms with E-state index in [1.54, 1.807) is 12.1 Å². The second-order valence-electron chi connectivity index (χ2n) is 19.5. The van der Waals surface area contributed by atoms with E-state index < -0.39 is 19.5 Å². The first-order valence-corrected chi connectivity index (χ1v) is 26.4. The Morgan fingerprint density at radius 2 is 0.667 bits per heavy atom. The summed E-state index contributed by atoms with van der Waals surface area (Å²) in [5, 5.41) is 27.5. The first-order chi connectivity index (χ1) is 28.3. The largest absolute Gasteiger partial charge is 0.507 e. The van der Waals surface area contributed by atoms with Crippen molar-refractivity contribution in [2.75, 3.05) is 0 Å². The van der Waals surface area contributed by atoms with Gasteiger partial charge in [0.05, 0.1) is 6.16 Å². The molecule has 0 fully saturated rings. The molecule has 0 aliphatic carbocycles. The van der Waals surface area contributed by atoms with E-state index in [2.05, 4.69) is 13.8 Å². The maximum absolute atomic E-state index is 11.2. The third kappa shape index (κ3) is 40.2. The van der Waals surface area contributed by atoms with Gasteiger partial charge in [0.2, 0.25) is 0 Å². The Labute approximate surface area is 370 Å². The summed E-state index contributed by atoms with van der Waals surface area (Å²) in [4.78, 5) is 39.0. The maximum Gasteiger partial charge on any atom is 0.329 e. The van der Waals surface area contributed by atoms with Crippen LogP contribution in [0.2, 0.25) is 0 Å². The minimum Gasteiger partial charge on any atom is -0.507 e. The number of phenols is 1. The average Bonchev–Trinajstić information content (AvgIpc) is 3.14. The fraction of sp³-hybridized carbons (Fsp3) is 0.843. The van der Waals surface area contributed by atoms with Crippen molar-refractivity contribution in [3.05, 3.63) is 28.8 Å². The highest BCUT2D eigenvalue weighted by molar-refractivity contribution is 7.50. The van der Waals surface area contributed by atoms with Gasteiger partial charge >= 0.3 is 19.5 Å². The number of aromatic hydroxyl groups is 1. The molecular weight excluding hydrogens is 772 g/mol. The zero-order valence-corrected chi connectivity index (χ0v) is 41.3. The van der Waals surface area contributed by atoms with Crippen LogP contribution < -0.4 is 0 Å². The summed E-state index contributed by atoms with van der Waals surface area (Å²) in [6, 6.07) is 3.40. The number of aliphatic carboxylic acids is 2. The van der Waals surface area contributed by atoms with Gasteiger partial charge in [-0.3, -0.25) is 14.2 Å². The van der Waals surface area contributed by atoms with E-state index in [1.807, 2.05) is 41.5 Å². The second-order valence-corrected chi connectivity index (χ2v) is 21.2. The first kappa shape index (κ1) is 60.2. The normalized spacial score (nSPS) is 11.8. The smallest absolute Gasteiger partial charge is 0.329 e. The van der Waals surface area contributed by atoms with Crippen LogP contribution in [0.15, 0.2) is 12.1 Å². The summed E-state index contributed by atoms with van der Waals surface area (Å²) in [7, 11) is -4.13. The lowest BCUT2D eigenvalue weighted by atomic mass is 9.78. The number of phenolic OH excluding ortho intramolecular Hbond substituents is 1. The third-order valence-corrected chi connectivity index (χ3v) is 11.9. The van der Waals surface area contributed by atoms with Crippen molar-refractivity contribution >= 4 is 19.5 Å². The molecule has 354 valence electrons. The molecule has 1 aromatic carbocycles. The Morgan fingerprint density at radius 1 is 0.450 bits per heavy atom. The van der Waals surface area contributed by atoms with Gasteiger partial charge in [0.25, 0.3) is 0 Å². The molecule has 9 heteroatoms. The van der Waals surface area contributed by atoms with E-state index in [1.165, 1.54) is 167 Å². The molecule has 0 spiro atoms.